The molecule has 0 radical (unpaired) electrons. The zero-order valence-electron chi connectivity index (χ0n) is 26.0. The minimum Gasteiger partial charge on any atom is -1.00 e. The fourth-order valence-corrected chi connectivity index (χ4v) is 5.56. The third-order valence-corrected chi connectivity index (χ3v) is 8.67. The zero-order valence-corrected chi connectivity index (χ0v) is 29.9. The molecule has 0 saturated carbocycles. The SMILES string of the molecule is C=Cc1ccc2[cH-]c3ccc(C=C)cc3c2c1.CC1[C-]=CC(C(C)(C)C)=C1.Fc1cccc([C](=[Zr+2])c2cccc(F)c2)c1.[Cl-].[Cl-]. The Hall–Kier alpha value is -3.10. The maximum absolute atomic E-state index is 13.0. The van der Waals surface area contributed by atoms with Crippen LogP contribution < -0.4 is 24.8 Å². The van der Waals surface area contributed by atoms with Crippen molar-refractivity contribution >= 4 is 36.9 Å². The second kappa shape index (κ2) is 17.0. The van der Waals surface area contributed by atoms with Crippen LogP contribution in [0.5, 0.6) is 0 Å². The third kappa shape index (κ3) is 10.2. The van der Waals surface area contributed by atoms with Gasteiger partial charge in [-0.1, -0.05) is 88.6 Å². The van der Waals surface area contributed by atoms with E-state index in [9.17, 15) is 8.78 Å². The molecule has 0 aromatic heterocycles. The van der Waals surface area contributed by atoms with Crippen LogP contribution in [0.2, 0.25) is 0 Å². The molecule has 1 atom stereocenters. The molecule has 0 N–H and O–H groups in total. The number of rotatable bonds is 4. The standard InChI is InChI=1S/C17H13.C13H8F2.C10H15.2ClH.Zr/c1-3-12-5-7-14-11-15-8-6-13(4-2)10-17(15)16(14)9-12;14-12-5-1-3-10(8-12)7-11-4-2-6-13(15)9-11;1-8-5-6-9(7-8)10(2,3)4;;;/h3-11H,1-2H2;1-6,8-9H;6-8H,1-4H3;2*1H;/q-1;;-1;;;+2/p-2. The van der Waals surface area contributed by atoms with Gasteiger partial charge in [-0.2, -0.15) is 11.6 Å². The Kier molecular flexibility index (Phi) is 14.4. The van der Waals surface area contributed by atoms with E-state index in [1.54, 1.807) is 12.1 Å². The van der Waals surface area contributed by atoms with E-state index in [-0.39, 0.29) is 36.4 Å². The Morgan fingerprint density at radius 2 is 1.24 bits per heavy atom. The summed E-state index contributed by atoms with van der Waals surface area (Å²) in [4.78, 5) is 0. The van der Waals surface area contributed by atoms with Gasteiger partial charge in [-0.25, -0.2) is 6.08 Å². The fourth-order valence-electron chi connectivity index (χ4n) is 4.80. The van der Waals surface area contributed by atoms with Gasteiger partial charge in [0.15, 0.2) is 0 Å². The zero-order chi connectivity index (χ0) is 31.1. The van der Waals surface area contributed by atoms with Crippen LogP contribution in [0.3, 0.4) is 0 Å². The van der Waals surface area contributed by atoms with E-state index in [2.05, 4.69) is 102 Å². The number of halogens is 4. The van der Waals surface area contributed by atoms with Gasteiger partial charge in [0.05, 0.1) is 0 Å². The molecule has 45 heavy (non-hydrogen) atoms. The minimum atomic E-state index is -0.270. The van der Waals surface area contributed by atoms with Gasteiger partial charge in [-0.3, -0.25) is 6.08 Å². The maximum Gasteiger partial charge on any atom is -1.00 e. The van der Waals surface area contributed by atoms with Gasteiger partial charge in [0.1, 0.15) is 0 Å². The van der Waals surface area contributed by atoms with Gasteiger partial charge < -0.3 is 24.8 Å². The van der Waals surface area contributed by atoms with E-state index >= 15 is 0 Å². The Labute approximate surface area is 293 Å². The number of fused-ring (bicyclic) bond motifs is 3. The Bertz CT molecular complexity index is 1740. The van der Waals surface area contributed by atoms with E-state index in [1.807, 2.05) is 24.3 Å². The van der Waals surface area contributed by atoms with Crippen LogP contribution in [0.15, 0.2) is 122 Å². The summed E-state index contributed by atoms with van der Waals surface area (Å²) in [6, 6.07) is 27.8. The van der Waals surface area contributed by atoms with Gasteiger partial charge in [-0.15, -0.1) is 39.7 Å². The number of hydrogen-bond acceptors (Lipinski definition) is 0. The van der Waals surface area contributed by atoms with Crippen molar-refractivity contribution in [3.63, 3.8) is 0 Å². The summed E-state index contributed by atoms with van der Waals surface area (Å²) in [5.41, 5.74) is 5.66. The summed E-state index contributed by atoms with van der Waals surface area (Å²) >= 11 is 1.13. The molecule has 0 nitrogen and oxygen atoms in total. The van der Waals surface area contributed by atoms with E-state index < -0.39 is 0 Å². The van der Waals surface area contributed by atoms with Gasteiger partial charge in [0, 0.05) is 0 Å². The van der Waals surface area contributed by atoms with E-state index in [0.29, 0.717) is 11.3 Å². The summed E-state index contributed by atoms with van der Waals surface area (Å²) in [7, 11) is 0. The molecule has 0 amide bonds. The third-order valence-electron chi connectivity index (χ3n) is 7.25. The summed E-state index contributed by atoms with van der Waals surface area (Å²) in [5, 5.41) is 5.15. The predicted octanol–water partition coefficient (Wildman–Crippen LogP) is 5.05. The van der Waals surface area contributed by atoms with E-state index in [0.717, 1.165) is 49.7 Å². The first-order valence-corrected chi connectivity index (χ1v) is 15.5. The molecule has 5 heteroatoms. The molecule has 5 aromatic rings. The molecule has 0 aliphatic heterocycles. The monoisotopic (exact) mass is 714 g/mol. The first-order chi connectivity index (χ1) is 20.5. The molecule has 0 heterocycles. The van der Waals surface area contributed by atoms with E-state index in [4.69, 9.17) is 0 Å². The van der Waals surface area contributed by atoms with Crippen LogP contribution in [-0.4, -0.2) is 3.21 Å². The van der Waals surface area contributed by atoms with Crippen molar-refractivity contribution in [3.05, 3.63) is 162 Å². The normalized spacial score (nSPS) is 13.3. The van der Waals surface area contributed by atoms with Crippen molar-refractivity contribution in [3.8, 4) is 0 Å². The van der Waals surface area contributed by atoms with Gasteiger partial charge in [-0.05, 0) is 11.1 Å². The maximum atomic E-state index is 13.0. The Morgan fingerprint density at radius 1 is 0.778 bits per heavy atom. The van der Waals surface area contributed by atoms with Crippen LogP contribution in [-0.2, 0) is 24.2 Å². The van der Waals surface area contributed by atoms with Crippen LogP contribution in [0.25, 0.3) is 33.7 Å². The van der Waals surface area contributed by atoms with Crippen molar-refractivity contribution in [1.29, 1.82) is 0 Å². The summed E-state index contributed by atoms with van der Waals surface area (Å²) in [6.07, 6.45) is 11.4. The molecule has 0 bridgehead atoms. The average molecular weight is 717 g/mol. The molecule has 5 aromatic carbocycles. The Balaban J connectivity index is 0.000000238. The second-order valence-electron chi connectivity index (χ2n) is 11.6. The van der Waals surface area contributed by atoms with Crippen LogP contribution >= 0.6 is 0 Å². The summed E-state index contributed by atoms with van der Waals surface area (Å²) in [5.74, 6) is -0.0168. The number of hydrogen-bond donors (Lipinski definition) is 0. The van der Waals surface area contributed by atoms with Crippen molar-refractivity contribution < 1.29 is 57.8 Å². The second-order valence-corrected chi connectivity index (χ2v) is 12.8. The molecule has 0 spiro atoms. The van der Waals surface area contributed by atoms with Crippen molar-refractivity contribution in [2.24, 2.45) is 11.3 Å². The fraction of sp³-hybridized carbons (Fsp3) is 0.150. The van der Waals surface area contributed by atoms with Crippen LogP contribution in [0.4, 0.5) is 8.78 Å². The molecule has 0 saturated heterocycles. The van der Waals surface area contributed by atoms with Crippen molar-refractivity contribution in [2.45, 2.75) is 27.7 Å². The number of benzene rings is 4. The molecule has 1 aliphatic rings. The van der Waals surface area contributed by atoms with Crippen LogP contribution in [0, 0.1) is 29.0 Å². The van der Waals surface area contributed by atoms with Crippen molar-refractivity contribution in [2.75, 3.05) is 0 Å². The number of allylic oxidation sites excluding steroid dienone is 4. The molecular formula is C40H36Cl2F2Zr-2. The van der Waals surface area contributed by atoms with Gasteiger partial charge >= 0.3 is 108 Å². The first kappa shape index (κ1) is 38.1. The minimum absolute atomic E-state index is 0. The molecule has 230 valence electrons. The molecule has 1 unspecified atom stereocenters. The van der Waals surface area contributed by atoms with Gasteiger partial charge in [0.2, 0.25) is 0 Å². The first-order valence-electron chi connectivity index (χ1n) is 14.3. The smallest absolute Gasteiger partial charge is 1.00 e. The predicted molar refractivity (Wildman–Crippen MR) is 178 cm³/mol. The molecule has 1 aliphatic carbocycles. The van der Waals surface area contributed by atoms with Gasteiger partial charge in [0.25, 0.3) is 0 Å². The van der Waals surface area contributed by atoms with Crippen molar-refractivity contribution in [1.82, 2.24) is 0 Å². The average Bonchev–Trinajstić information content (AvgIpc) is 3.60. The summed E-state index contributed by atoms with van der Waals surface area (Å²) in [6.45, 7) is 16.5. The molecular weight excluding hydrogens is 681 g/mol. The van der Waals surface area contributed by atoms with E-state index in [1.165, 1.54) is 51.4 Å². The molecule has 0 fully saturated rings. The Morgan fingerprint density at radius 3 is 1.58 bits per heavy atom. The topological polar surface area (TPSA) is 0 Å². The largest absolute Gasteiger partial charge is 1.00 e. The quantitative estimate of drug-likeness (QED) is 0.229. The molecule has 6 rings (SSSR count). The summed E-state index contributed by atoms with van der Waals surface area (Å²) < 4.78 is 27.0. The van der Waals surface area contributed by atoms with Crippen LogP contribution in [0.1, 0.15) is 49.9 Å².